The fourth-order valence-electron chi connectivity index (χ4n) is 2.27. The van der Waals surface area contributed by atoms with E-state index in [0.717, 1.165) is 12.8 Å². The van der Waals surface area contributed by atoms with Gasteiger partial charge < -0.3 is 20.4 Å². The summed E-state index contributed by atoms with van der Waals surface area (Å²) in [5.74, 6) is -0.938. The van der Waals surface area contributed by atoms with E-state index >= 15 is 0 Å². The maximum Gasteiger partial charge on any atom is 0.317 e. The van der Waals surface area contributed by atoms with Gasteiger partial charge in [-0.2, -0.15) is 0 Å². The van der Waals surface area contributed by atoms with Crippen molar-refractivity contribution in [1.82, 2.24) is 10.2 Å². The van der Waals surface area contributed by atoms with Crippen molar-refractivity contribution in [2.45, 2.75) is 66.0 Å². The smallest absolute Gasteiger partial charge is 0.317 e. The summed E-state index contributed by atoms with van der Waals surface area (Å²) >= 11 is 0. The molecule has 0 aromatic rings. The normalized spacial score (nSPS) is 13.1. The first-order valence-electron chi connectivity index (χ1n) is 7.57. The first-order chi connectivity index (χ1) is 9.67. The van der Waals surface area contributed by atoms with Gasteiger partial charge in [-0.05, 0) is 18.3 Å². The molecule has 124 valence electrons. The van der Waals surface area contributed by atoms with Gasteiger partial charge in [0.15, 0.2) is 0 Å². The van der Waals surface area contributed by atoms with E-state index in [1.54, 1.807) is 4.90 Å². The van der Waals surface area contributed by atoms with E-state index < -0.39 is 12.0 Å². The monoisotopic (exact) mass is 302 g/mol. The molecule has 21 heavy (non-hydrogen) atoms. The SMILES string of the molecule is CCC(CC)N(CCO)C(=O)NC(CC(=O)O)C(C)(C)C. The summed E-state index contributed by atoms with van der Waals surface area (Å²) in [5, 5.41) is 21.0. The fraction of sp³-hybridized carbons (Fsp3) is 0.867. The largest absolute Gasteiger partial charge is 0.481 e. The third-order valence-electron chi connectivity index (χ3n) is 3.71. The topological polar surface area (TPSA) is 89.9 Å². The molecule has 3 N–H and O–H groups in total. The number of aliphatic hydroxyl groups excluding tert-OH is 1. The lowest BCUT2D eigenvalue weighted by atomic mass is 9.85. The van der Waals surface area contributed by atoms with E-state index in [4.69, 9.17) is 10.2 Å². The Kier molecular flexibility index (Phi) is 8.32. The highest BCUT2D eigenvalue weighted by atomic mass is 16.4. The standard InChI is InChI=1S/C15H30N2O4/c1-6-11(7-2)17(8-9-18)14(21)16-12(10-13(19)20)15(3,4)5/h11-12,18H,6-10H2,1-5H3,(H,16,21)(H,19,20). The Morgan fingerprint density at radius 2 is 1.71 bits per heavy atom. The maximum atomic E-state index is 12.4. The van der Waals surface area contributed by atoms with Gasteiger partial charge in [0.2, 0.25) is 0 Å². The third-order valence-corrected chi connectivity index (χ3v) is 3.71. The van der Waals surface area contributed by atoms with Crippen LogP contribution in [0.3, 0.4) is 0 Å². The van der Waals surface area contributed by atoms with Crippen LogP contribution in [0.25, 0.3) is 0 Å². The van der Waals surface area contributed by atoms with Crippen molar-refractivity contribution in [3.05, 3.63) is 0 Å². The van der Waals surface area contributed by atoms with Crippen LogP contribution in [0.5, 0.6) is 0 Å². The number of amides is 2. The summed E-state index contributed by atoms with van der Waals surface area (Å²) in [7, 11) is 0. The summed E-state index contributed by atoms with van der Waals surface area (Å²) in [6.45, 7) is 9.82. The summed E-state index contributed by atoms with van der Waals surface area (Å²) < 4.78 is 0. The average molecular weight is 302 g/mol. The van der Waals surface area contributed by atoms with Crippen LogP contribution in [0.1, 0.15) is 53.9 Å². The van der Waals surface area contributed by atoms with Crippen molar-refractivity contribution < 1.29 is 19.8 Å². The number of urea groups is 1. The third kappa shape index (κ3) is 6.80. The molecule has 0 rings (SSSR count). The summed E-state index contributed by atoms with van der Waals surface area (Å²) in [5.41, 5.74) is -0.354. The van der Waals surface area contributed by atoms with Crippen LogP contribution in [0.2, 0.25) is 0 Å². The summed E-state index contributed by atoms with van der Waals surface area (Å²) in [6, 6.07) is -0.723. The van der Waals surface area contributed by atoms with Crippen LogP contribution >= 0.6 is 0 Å². The van der Waals surface area contributed by atoms with Crippen molar-refractivity contribution in [2.24, 2.45) is 5.41 Å². The van der Waals surface area contributed by atoms with Gasteiger partial charge >= 0.3 is 12.0 Å². The zero-order valence-corrected chi connectivity index (χ0v) is 13.8. The Labute approximate surface area is 127 Å². The van der Waals surface area contributed by atoms with Crippen molar-refractivity contribution in [2.75, 3.05) is 13.2 Å². The number of rotatable bonds is 8. The minimum Gasteiger partial charge on any atom is -0.481 e. The molecule has 0 saturated heterocycles. The quantitative estimate of drug-likeness (QED) is 0.640. The van der Waals surface area contributed by atoms with Crippen molar-refractivity contribution in [3.8, 4) is 0 Å². The van der Waals surface area contributed by atoms with Gasteiger partial charge in [0.25, 0.3) is 0 Å². The number of aliphatic hydroxyl groups is 1. The molecule has 0 heterocycles. The number of carbonyl (C=O) groups excluding carboxylic acids is 1. The lowest BCUT2D eigenvalue weighted by Crippen LogP contribution is -2.53. The molecule has 0 aromatic heterocycles. The van der Waals surface area contributed by atoms with E-state index in [1.165, 1.54) is 0 Å². The van der Waals surface area contributed by atoms with Crippen LogP contribution in [-0.2, 0) is 4.79 Å². The fourth-order valence-corrected chi connectivity index (χ4v) is 2.27. The average Bonchev–Trinajstić information content (AvgIpc) is 2.36. The van der Waals surface area contributed by atoms with Crippen LogP contribution < -0.4 is 5.32 Å². The molecule has 0 aromatic carbocycles. The van der Waals surface area contributed by atoms with E-state index in [1.807, 2.05) is 34.6 Å². The van der Waals surface area contributed by atoms with Gasteiger partial charge in [0, 0.05) is 18.6 Å². The van der Waals surface area contributed by atoms with Crippen molar-refractivity contribution >= 4 is 12.0 Å². The molecule has 0 aliphatic carbocycles. The first-order valence-corrected chi connectivity index (χ1v) is 7.57. The van der Waals surface area contributed by atoms with Gasteiger partial charge in [0.05, 0.1) is 13.0 Å². The van der Waals surface area contributed by atoms with E-state index in [2.05, 4.69) is 5.32 Å². The maximum absolute atomic E-state index is 12.4. The minimum absolute atomic E-state index is 0.0441. The zero-order valence-electron chi connectivity index (χ0n) is 13.8. The lowest BCUT2D eigenvalue weighted by Gasteiger charge is -2.35. The molecule has 0 aliphatic heterocycles. The van der Waals surface area contributed by atoms with Crippen LogP contribution in [-0.4, -0.2) is 52.3 Å². The summed E-state index contributed by atoms with van der Waals surface area (Å²) in [6.07, 6.45) is 1.47. The Balaban J connectivity index is 5.02. The van der Waals surface area contributed by atoms with Gasteiger partial charge in [-0.1, -0.05) is 34.6 Å². The van der Waals surface area contributed by atoms with Crippen molar-refractivity contribution in [1.29, 1.82) is 0 Å². The molecular weight excluding hydrogens is 272 g/mol. The first kappa shape index (κ1) is 19.7. The molecule has 1 unspecified atom stereocenters. The number of carboxylic acids is 1. The molecule has 0 aliphatic rings. The number of nitrogens with one attached hydrogen (secondary N) is 1. The van der Waals surface area contributed by atoms with Gasteiger partial charge in [-0.25, -0.2) is 4.79 Å². The number of aliphatic carboxylic acids is 1. The van der Waals surface area contributed by atoms with Crippen LogP contribution in [0, 0.1) is 5.41 Å². The zero-order chi connectivity index (χ0) is 16.6. The van der Waals surface area contributed by atoms with Gasteiger partial charge in [-0.3, -0.25) is 4.79 Å². The highest BCUT2D eigenvalue weighted by molar-refractivity contribution is 5.76. The molecule has 2 amide bonds. The van der Waals surface area contributed by atoms with E-state index in [9.17, 15) is 9.59 Å². The van der Waals surface area contributed by atoms with Crippen LogP contribution in [0.4, 0.5) is 4.79 Å². The molecule has 0 saturated carbocycles. The Morgan fingerprint density at radius 1 is 1.19 bits per heavy atom. The minimum atomic E-state index is -0.938. The second kappa shape index (κ2) is 8.87. The lowest BCUT2D eigenvalue weighted by molar-refractivity contribution is -0.138. The predicted octanol–water partition coefficient (Wildman–Crippen LogP) is 2.07. The highest BCUT2D eigenvalue weighted by Crippen LogP contribution is 2.22. The van der Waals surface area contributed by atoms with Gasteiger partial charge in [0.1, 0.15) is 0 Å². The molecule has 6 heteroatoms. The number of hydrogen-bond acceptors (Lipinski definition) is 3. The second-order valence-corrected chi connectivity index (χ2v) is 6.35. The number of carbonyl (C=O) groups is 2. The van der Waals surface area contributed by atoms with E-state index in [0.29, 0.717) is 0 Å². The molecular formula is C15H30N2O4. The van der Waals surface area contributed by atoms with Crippen molar-refractivity contribution in [3.63, 3.8) is 0 Å². The number of nitrogens with zero attached hydrogens (tertiary/aromatic N) is 1. The highest BCUT2D eigenvalue weighted by Gasteiger charge is 2.31. The molecule has 6 nitrogen and oxygen atoms in total. The molecule has 0 spiro atoms. The Bertz CT molecular complexity index is 335. The Morgan fingerprint density at radius 3 is 2.05 bits per heavy atom. The summed E-state index contributed by atoms with van der Waals surface area (Å²) in [4.78, 5) is 25.0. The van der Waals surface area contributed by atoms with Crippen LogP contribution in [0.15, 0.2) is 0 Å². The molecule has 1 atom stereocenters. The molecule has 0 fully saturated rings. The molecule has 0 bridgehead atoms. The predicted molar refractivity (Wildman–Crippen MR) is 82.2 cm³/mol. The van der Waals surface area contributed by atoms with E-state index in [-0.39, 0.29) is 37.1 Å². The van der Waals surface area contributed by atoms with Gasteiger partial charge in [-0.15, -0.1) is 0 Å². The Hall–Kier alpha value is -1.30. The number of carboxylic acid groups (broad SMARTS) is 1. The number of hydrogen-bond donors (Lipinski definition) is 3. The second-order valence-electron chi connectivity index (χ2n) is 6.35. The molecule has 0 radical (unpaired) electrons.